The zero-order valence-electron chi connectivity index (χ0n) is 8.11. The first kappa shape index (κ1) is 8.74. The molecular weight excluding hydrogens is 178 g/mol. The summed E-state index contributed by atoms with van der Waals surface area (Å²) in [6.07, 6.45) is 0. The van der Waals surface area contributed by atoms with Crippen LogP contribution in [0.2, 0.25) is 0 Å². The van der Waals surface area contributed by atoms with E-state index in [1.165, 1.54) is 0 Å². The zero-order chi connectivity index (χ0) is 10.1. The molecule has 1 aromatic carbocycles. The molecule has 0 aliphatic heterocycles. The maximum absolute atomic E-state index is 5.90. The van der Waals surface area contributed by atoms with Gasteiger partial charge in [-0.05, 0) is 25.5 Å². The number of hydrogen-bond donors (Lipinski definition) is 1. The Hall–Kier alpha value is -1.84. The number of aromatic nitrogens is 2. The Bertz CT molecular complexity index is 462. The highest BCUT2D eigenvalue weighted by atomic mass is 16.5. The molecule has 0 fully saturated rings. The van der Waals surface area contributed by atoms with E-state index in [-0.39, 0.29) is 0 Å². The van der Waals surface area contributed by atoms with E-state index in [9.17, 15) is 0 Å². The number of anilines is 1. The van der Waals surface area contributed by atoms with E-state index in [2.05, 4.69) is 10.1 Å². The molecule has 0 radical (unpaired) electrons. The second-order valence-corrected chi connectivity index (χ2v) is 3.18. The minimum Gasteiger partial charge on any atom is -0.398 e. The molecule has 2 rings (SSSR count). The van der Waals surface area contributed by atoms with Crippen molar-refractivity contribution in [2.75, 3.05) is 5.73 Å². The number of hydrogen-bond acceptors (Lipinski definition) is 4. The first-order valence-electron chi connectivity index (χ1n) is 4.34. The van der Waals surface area contributed by atoms with Crippen molar-refractivity contribution < 1.29 is 4.52 Å². The molecule has 0 spiro atoms. The molecule has 0 aliphatic carbocycles. The highest BCUT2D eigenvalue weighted by Gasteiger charge is 2.10. The van der Waals surface area contributed by atoms with Crippen LogP contribution in [-0.4, -0.2) is 10.1 Å². The van der Waals surface area contributed by atoms with Crippen LogP contribution in [0.1, 0.15) is 11.4 Å². The molecule has 4 heteroatoms. The number of nitrogens with two attached hydrogens (primary N) is 1. The molecule has 1 aromatic heterocycles. The summed E-state index contributed by atoms with van der Waals surface area (Å²) in [5.41, 5.74) is 8.40. The van der Waals surface area contributed by atoms with Crippen LogP contribution in [0.4, 0.5) is 5.69 Å². The predicted molar refractivity (Wildman–Crippen MR) is 53.6 cm³/mol. The van der Waals surface area contributed by atoms with E-state index in [0.717, 1.165) is 11.1 Å². The first-order chi connectivity index (χ1) is 6.68. The molecule has 0 atom stereocenters. The number of rotatable bonds is 1. The van der Waals surface area contributed by atoms with E-state index >= 15 is 0 Å². The van der Waals surface area contributed by atoms with Gasteiger partial charge in [-0.15, -0.1) is 0 Å². The van der Waals surface area contributed by atoms with Gasteiger partial charge in [0.15, 0.2) is 5.82 Å². The van der Waals surface area contributed by atoms with Gasteiger partial charge in [0.25, 0.3) is 5.89 Å². The lowest BCUT2D eigenvalue weighted by atomic mass is 10.1. The van der Waals surface area contributed by atoms with Crippen LogP contribution in [0, 0.1) is 13.8 Å². The molecule has 0 saturated heterocycles. The summed E-state index contributed by atoms with van der Waals surface area (Å²) in [7, 11) is 0. The molecule has 0 amide bonds. The van der Waals surface area contributed by atoms with Gasteiger partial charge in [-0.3, -0.25) is 0 Å². The third-order valence-electron chi connectivity index (χ3n) is 2.08. The van der Waals surface area contributed by atoms with Crippen LogP contribution in [0.5, 0.6) is 0 Å². The van der Waals surface area contributed by atoms with Crippen molar-refractivity contribution in [2.24, 2.45) is 0 Å². The lowest BCUT2D eigenvalue weighted by Gasteiger charge is -2.02. The molecule has 0 saturated carbocycles. The number of benzene rings is 1. The first-order valence-corrected chi connectivity index (χ1v) is 4.34. The zero-order valence-corrected chi connectivity index (χ0v) is 8.11. The Morgan fingerprint density at radius 3 is 2.71 bits per heavy atom. The SMILES string of the molecule is Cc1noc(-c2cccc(C)c2N)n1. The van der Waals surface area contributed by atoms with Gasteiger partial charge in [-0.1, -0.05) is 17.3 Å². The summed E-state index contributed by atoms with van der Waals surface area (Å²) in [6, 6.07) is 5.73. The maximum Gasteiger partial charge on any atom is 0.260 e. The molecule has 2 aromatic rings. The molecule has 1 heterocycles. The van der Waals surface area contributed by atoms with Crippen LogP contribution in [-0.2, 0) is 0 Å². The van der Waals surface area contributed by atoms with Crippen LogP contribution < -0.4 is 5.73 Å². The average molecular weight is 189 g/mol. The molecule has 0 bridgehead atoms. The fourth-order valence-corrected chi connectivity index (χ4v) is 1.27. The van der Waals surface area contributed by atoms with Gasteiger partial charge in [0.1, 0.15) is 0 Å². The number of nitrogen functional groups attached to an aromatic ring is 1. The number of para-hydroxylation sites is 1. The van der Waals surface area contributed by atoms with Crippen molar-refractivity contribution in [1.82, 2.24) is 10.1 Å². The van der Waals surface area contributed by atoms with E-state index in [1.807, 2.05) is 25.1 Å². The maximum atomic E-state index is 5.90. The predicted octanol–water partition coefficient (Wildman–Crippen LogP) is 1.94. The summed E-state index contributed by atoms with van der Waals surface area (Å²) in [4.78, 5) is 4.13. The standard InChI is InChI=1S/C10H11N3O/c1-6-4-3-5-8(9(6)11)10-12-7(2)13-14-10/h3-5H,11H2,1-2H3. The van der Waals surface area contributed by atoms with Crippen LogP contribution >= 0.6 is 0 Å². The van der Waals surface area contributed by atoms with Gasteiger partial charge >= 0.3 is 0 Å². The van der Waals surface area contributed by atoms with Gasteiger partial charge in [0.05, 0.1) is 5.56 Å². The fraction of sp³-hybridized carbons (Fsp3) is 0.200. The van der Waals surface area contributed by atoms with Crippen molar-refractivity contribution in [3.8, 4) is 11.5 Å². The van der Waals surface area contributed by atoms with Crippen molar-refractivity contribution >= 4 is 5.69 Å². The van der Waals surface area contributed by atoms with Gasteiger partial charge in [-0.2, -0.15) is 4.98 Å². The second-order valence-electron chi connectivity index (χ2n) is 3.18. The second kappa shape index (κ2) is 3.14. The summed E-state index contributed by atoms with van der Waals surface area (Å²) >= 11 is 0. The van der Waals surface area contributed by atoms with Crippen molar-refractivity contribution in [2.45, 2.75) is 13.8 Å². The summed E-state index contributed by atoms with van der Waals surface area (Å²) < 4.78 is 5.05. The minimum atomic E-state index is 0.476. The van der Waals surface area contributed by atoms with E-state index in [1.54, 1.807) is 6.92 Å². The third-order valence-corrected chi connectivity index (χ3v) is 2.08. The molecule has 0 unspecified atom stereocenters. The largest absolute Gasteiger partial charge is 0.398 e. The molecule has 14 heavy (non-hydrogen) atoms. The lowest BCUT2D eigenvalue weighted by Crippen LogP contribution is -1.93. The normalized spacial score (nSPS) is 10.4. The Morgan fingerprint density at radius 2 is 2.07 bits per heavy atom. The van der Waals surface area contributed by atoms with Crippen LogP contribution in [0.15, 0.2) is 22.7 Å². The van der Waals surface area contributed by atoms with E-state index in [4.69, 9.17) is 10.3 Å². The summed E-state index contributed by atoms with van der Waals surface area (Å²) in [5.74, 6) is 1.09. The topological polar surface area (TPSA) is 64.9 Å². The minimum absolute atomic E-state index is 0.476. The Balaban J connectivity index is 2.57. The number of nitrogens with zero attached hydrogens (tertiary/aromatic N) is 2. The van der Waals surface area contributed by atoms with Crippen LogP contribution in [0.25, 0.3) is 11.5 Å². The average Bonchev–Trinajstić information content (AvgIpc) is 2.57. The van der Waals surface area contributed by atoms with E-state index in [0.29, 0.717) is 17.4 Å². The molecule has 2 N–H and O–H groups in total. The Kier molecular flexibility index (Phi) is 1.96. The molecule has 0 aliphatic rings. The molecule has 4 nitrogen and oxygen atoms in total. The highest BCUT2D eigenvalue weighted by Crippen LogP contribution is 2.26. The van der Waals surface area contributed by atoms with Gasteiger partial charge < -0.3 is 10.3 Å². The van der Waals surface area contributed by atoms with Crippen molar-refractivity contribution in [3.05, 3.63) is 29.6 Å². The van der Waals surface area contributed by atoms with Gasteiger partial charge in [0.2, 0.25) is 0 Å². The third kappa shape index (κ3) is 1.35. The Morgan fingerprint density at radius 1 is 1.29 bits per heavy atom. The monoisotopic (exact) mass is 189 g/mol. The van der Waals surface area contributed by atoms with E-state index < -0.39 is 0 Å². The Labute approximate surface area is 81.7 Å². The number of aryl methyl sites for hydroxylation is 2. The smallest absolute Gasteiger partial charge is 0.260 e. The van der Waals surface area contributed by atoms with Gasteiger partial charge in [0, 0.05) is 5.69 Å². The highest BCUT2D eigenvalue weighted by molar-refractivity contribution is 5.72. The quantitative estimate of drug-likeness (QED) is 0.696. The fourth-order valence-electron chi connectivity index (χ4n) is 1.27. The molecular formula is C10H11N3O. The molecule has 72 valence electrons. The summed E-state index contributed by atoms with van der Waals surface area (Å²) in [5, 5.41) is 3.72. The van der Waals surface area contributed by atoms with Crippen LogP contribution in [0.3, 0.4) is 0 Å². The van der Waals surface area contributed by atoms with Crippen molar-refractivity contribution in [1.29, 1.82) is 0 Å². The van der Waals surface area contributed by atoms with Crippen molar-refractivity contribution in [3.63, 3.8) is 0 Å². The lowest BCUT2D eigenvalue weighted by molar-refractivity contribution is 0.426. The summed E-state index contributed by atoms with van der Waals surface area (Å²) in [6.45, 7) is 3.72. The van der Waals surface area contributed by atoms with Gasteiger partial charge in [-0.25, -0.2) is 0 Å².